The summed E-state index contributed by atoms with van der Waals surface area (Å²) in [5, 5.41) is 11.7. The lowest BCUT2D eigenvalue weighted by atomic mass is 10.2. The van der Waals surface area contributed by atoms with Gasteiger partial charge >= 0.3 is 0 Å². The minimum absolute atomic E-state index is 0.182. The van der Waals surface area contributed by atoms with Crippen LogP contribution in [0.4, 0.5) is 5.69 Å². The molecule has 0 spiro atoms. The van der Waals surface area contributed by atoms with E-state index in [0.717, 1.165) is 28.3 Å². The molecular weight excluding hydrogens is 374 g/mol. The summed E-state index contributed by atoms with van der Waals surface area (Å²) in [6.45, 7) is 5.75. The van der Waals surface area contributed by atoms with Crippen molar-refractivity contribution >= 4 is 29.2 Å². The summed E-state index contributed by atoms with van der Waals surface area (Å²) in [6, 6.07) is 9.45. The van der Waals surface area contributed by atoms with Gasteiger partial charge in [0.15, 0.2) is 5.11 Å². The molecule has 2 heterocycles. The molecule has 0 aliphatic rings. The van der Waals surface area contributed by atoms with E-state index < -0.39 is 0 Å². The monoisotopic (exact) mass is 397 g/mol. The van der Waals surface area contributed by atoms with Crippen molar-refractivity contribution in [2.45, 2.75) is 20.8 Å². The number of benzene rings is 1. The number of hydrogen-bond donors (Lipinski definition) is 2. The number of thiocarbonyl (C=S) groups is 1. The highest BCUT2D eigenvalue weighted by atomic mass is 32.1. The third-order valence-electron chi connectivity index (χ3n) is 4.72. The Hall–Kier alpha value is -3.20. The van der Waals surface area contributed by atoms with Crippen LogP contribution in [0.2, 0.25) is 0 Å². The van der Waals surface area contributed by atoms with Gasteiger partial charge in [-0.05, 0) is 45.1 Å². The third-order valence-corrected chi connectivity index (χ3v) is 4.91. The Balaban J connectivity index is 1.78. The van der Waals surface area contributed by atoms with Gasteiger partial charge < -0.3 is 5.32 Å². The quantitative estimate of drug-likeness (QED) is 0.401. The lowest BCUT2D eigenvalue weighted by Gasteiger charge is -2.07. The zero-order valence-electron chi connectivity index (χ0n) is 16.5. The van der Waals surface area contributed by atoms with Crippen LogP contribution in [0.3, 0.4) is 0 Å². The maximum Gasteiger partial charge on any atom is 0.295 e. The van der Waals surface area contributed by atoms with Crippen LogP contribution < -0.4 is 16.3 Å². The van der Waals surface area contributed by atoms with Gasteiger partial charge in [0, 0.05) is 25.4 Å². The summed E-state index contributed by atoms with van der Waals surface area (Å²) < 4.78 is 5.17. The van der Waals surface area contributed by atoms with Gasteiger partial charge in [-0.2, -0.15) is 10.2 Å². The van der Waals surface area contributed by atoms with Crippen molar-refractivity contribution in [1.29, 1.82) is 0 Å². The zero-order chi connectivity index (χ0) is 20.4. The predicted molar refractivity (Wildman–Crippen MR) is 115 cm³/mol. The zero-order valence-corrected chi connectivity index (χ0v) is 17.3. The normalized spacial score (nSPS) is 11.2. The largest absolute Gasteiger partial charge is 0.325 e. The van der Waals surface area contributed by atoms with Crippen LogP contribution in [-0.2, 0) is 14.1 Å². The van der Waals surface area contributed by atoms with E-state index in [1.54, 1.807) is 20.3 Å². The summed E-state index contributed by atoms with van der Waals surface area (Å²) in [6.07, 6.45) is 1.67. The van der Waals surface area contributed by atoms with Crippen molar-refractivity contribution in [2.24, 2.45) is 19.2 Å². The van der Waals surface area contributed by atoms with E-state index in [0.29, 0.717) is 5.69 Å². The molecule has 146 valence electrons. The molecule has 2 N–H and O–H groups in total. The lowest BCUT2D eigenvalue weighted by molar-refractivity contribution is 0.630. The Kier molecular flexibility index (Phi) is 5.46. The molecule has 0 aliphatic carbocycles. The Morgan fingerprint density at radius 1 is 1.14 bits per heavy atom. The van der Waals surface area contributed by atoms with E-state index >= 15 is 0 Å². The van der Waals surface area contributed by atoms with Crippen LogP contribution in [0, 0.1) is 20.8 Å². The number of nitrogens with zero attached hydrogens (tertiary/aromatic N) is 5. The van der Waals surface area contributed by atoms with Crippen LogP contribution in [0.1, 0.15) is 22.6 Å². The first-order valence-electron chi connectivity index (χ1n) is 8.75. The van der Waals surface area contributed by atoms with Gasteiger partial charge in [-0.15, -0.1) is 0 Å². The number of hydrogen-bond acceptors (Lipinski definition) is 4. The first kappa shape index (κ1) is 19.6. The molecule has 2 aromatic heterocycles. The van der Waals surface area contributed by atoms with Crippen molar-refractivity contribution in [3.8, 4) is 5.69 Å². The average Bonchev–Trinajstić information content (AvgIpc) is 3.03. The molecule has 0 fully saturated rings. The number of nitrogens with one attached hydrogen (secondary N) is 2. The highest BCUT2D eigenvalue weighted by molar-refractivity contribution is 7.80. The van der Waals surface area contributed by atoms with Crippen molar-refractivity contribution < 1.29 is 0 Å². The van der Waals surface area contributed by atoms with Crippen LogP contribution in [0.5, 0.6) is 0 Å². The highest BCUT2D eigenvalue weighted by Gasteiger charge is 2.16. The molecular formula is C19H23N7OS. The van der Waals surface area contributed by atoms with E-state index in [-0.39, 0.29) is 10.7 Å². The maximum absolute atomic E-state index is 12.9. The number of hydrazone groups is 1. The van der Waals surface area contributed by atoms with E-state index in [2.05, 4.69) is 20.9 Å². The second-order valence-electron chi connectivity index (χ2n) is 6.47. The summed E-state index contributed by atoms with van der Waals surface area (Å²) >= 11 is 5.30. The van der Waals surface area contributed by atoms with E-state index in [4.69, 9.17) is 12.2 Å². The summed E-state index contributed by atoms with van der Waals surface area (Å²) in [7, 11) is 3.72. The van der Waals surface area contributed by atoms with Crippen LogP contribution in [-0.4, -0.2) is 30.5 Å². The van der Waals surface area contributed by atoms with Gasteiger partial charge in [-0.1, -0.05) is 18.2 Å². The molecule has 0 aliphatic heterocycles. The number of rotatable bonds is 4. The lowest BCUT2D eigenvalue weighted by Crippen LogP contribution is -2.28. The van der Waals surface area contributed by atoms with Crippen molar-refractivity contribution in [3.05, 3.63) is 63.3 Å². The van der Waals surface area contributed by atoms with Gasteiger partial charge in [0.1, 0.15) is 5.69 Å². The molecule has 0 radical (unpaired) electrons. The minimum atomic E-state index is -0.182. The summed E-state index contributed by atoms with van der Waals surface area (Å²) in [4.78, 5) is 12.9. The number of aromatic nitrogens is 4. The average molecular weight is 398 g/mol. The Morgan fingerprint density at radius 3 is 2.43 bits per heavy atom. The molecule has 8 nitrogen and oxygen atoms in total. The SMILES string of the molecule is Cc1nn(C)c(C)c1/C=N\NC(=S)Nc1c(C)n(C)n(-c2ccccc2)c1=O. The molecule has 0 atom stereocenters. The number of anilines is 1. The molecule has 1 aromatic carbocycles. The van der Waals surface area contributed by atoms with E-state index in [1.165, 1.54) is 0 Å². The van der Waals surface area contributed by atoms with Gasteiger partial charge in [0.2, 0.25) is 0 Å². The molecule has 9 heteroatoms. The van der Waals surface area contributed by atoms with Crippen molar-refractivity contribution in [3.63, 3.8) is 0 Å². The van der Waals surface area contributed by atoms with Crippen molar-refractivity contribution in [1.82, 2.24) is 24.6 Å². The van der Waals surface area contributed by atoms with Gasteiger partial charge in [-0.25, -0.2) is 4.68 Å². The number of para-hydroxylation sites is 1. The maximum atomic E-state index is 12.9. The second kappa shape index (κ2) is 7.81. The molecule has 0 bridgehead atoms. The van der Waals surface area contributed by atoms with Crippen molar-refractivity contribution in [2.75, 3.05) is 5.32 Å². The summed E-state index contributed by atoms with van der Waals surface area (Å²) in [5.41, 5.74) is 7.36. The smallest absolute Gasteiger partial charge is 0.295 e. The molecule has 0 saturated carbocycles. The fraction of sp³-hybridized carbons (Fsp3) is 0.263. The highest BCUT2D eigenvalue weighted by Crippen LogP contribution is 2.14. The third kappa shape index (κ3) is 3.61. The van der Waals surface area contributed by atoms with E-state index in [1.807, 2.05) is 65.2 Å². The topological polar surface area (TPSA) is 81.2 Å². The predicted octanol–water partition coefficient (Wildman–Crippen LogP) is 2.16. The molecule has 0 unspecified atom stereocenters. The second-order valence-corrected chi connectivity index (χ2v) is 6.88. The van der Waals surface area contributed by atoms with Gasteiger partial charge in [-0.3, -0.25) is 19.6 Å². The molecule has 3 rings (SSSR count). The molecule has 0 saturated heterocycles. The standard InChI is InChI=1S/C19H23N7OS/c1-12-16(13(2)24(4)23-12)11-20-22-19(28)21-17-14(3)25(5)26(18(17)27)15-9-7-6-8-10-15/h6-11H,1-5H3,(H2,21,22,28)/b20-11-. The molecule has 0 amide bonds. The fourth-order valence-electron chi connectivity index (χ4n) is 2.99. The fourth-order valence-corrected chi connectivity index (χ4v) is 3.14. The Morgan fingerprint density at radius 2 is 1.82 bits per heavy atom. The van der Waals surface area contributed by atoms with E-state index in [9.17, 15) is 4.79 Å². The minimum Gasteiger partial charge on any atom is -0.325 e. The molecule has 3 aromatic rings. The first-order chi connectivity index (χ1) is 13.3. The van der Waals surface area contributed by atoms with Gasteiger partial charge in [0.25, 0.3) is 5.56 Å². The first-order valence-corrected chi connectivity index (χ1v) is 9.16. The Bertz CT molecular complexity index is 1110. The number of aryl methyl sites for hydroxylation is 2. The van der Waals surface area contributed by atoms with Crippen LogP contribution in [0.15, 0.2) is 40.2 Å². The molecule has 28 heavy (non-hydrogen) atoms. The van der Waals surface area contributed by atoms with Gasteiger partial charge in [0.05, 0.1) is 23.3 Å². The summed E-state index contributed by atoms with van der Waals surface area (Å²) in [5.74, 6) is 0. The Labute approximate surface area is 168 Å². The van der Waals surface area contributed by atoms with Crippen LogP contribution in [0.25, 0.3) is 5.69 Å². The van der Waals surface area contributed by atoms with Crippen LogP contribution >= 0.6 is 12.2 Å².